The van der Waals surface area contributed by atoms with E-state index in [4.69, 9.17) is 9.47 Å². The molecular weight excluding hydrogens is 246 g/mol. The smallest absolute Gasteiger partial charge is 0.314 e. The lowest BCUT2D eigenvalue weighted by molar-refractivity contribution is -0.140. The molecule has 4 nitrogen and oxygen atoms in total. The first-order valence-corrected chi connectivity index (χ1v) is 5.31. The minimum atomic E-state index is -1.32. The summed E-state index contributed by atoms with van der Waals surface area (Å²) in [5.74, 6) is -3.45. The molecule has 1 aromatic carbocycles. The molecule has 1 aliphatic rings. The molecule has 1 N–H and O–H groups in total. The molecule has 6 heteroatoms. The summed E-state index contributed by atoms with van der Waals surface area (Å²) in [5.41, 5.74) is -1.47. The minimum absolute atomic E-state index is 0.143. The number of benzene rings is 1. The summed E-state index contributed by atoms with van der Waals surface area (Å²) in [6, 6.07) is 0.625. The second kappa shape index (κ2) is 4.12. The van der Waals surface area contributed by atoms with E-state index in [0.717, 1.165) is 0 Å². The van der Waals surface area contributed by atoms with Crippen LogP contribution in [-0.2, 0) is 10.2 Å². The normalized spacial score (nSPS) is 16.2. The predicted molar refractivity (Wildman–Crippen MR) is 58.0 cm³/mol. The Morgan fingerprint density at radius 1 is 1.22 bits per heavy atom. The molecule has 1 fully saturated rings. The number of aliphatic carboxylic acids is 1. The number of halogens is 2. The van der Waals surface area contributed by atoms with Gasteiger partial charge in [-0.25, -0.2) is 8.78 Å². The maximum atomic E-state index is 13.9. The fourth-order valence-corrected chi connectivity index (χ4v) is 2.11. The Bertz CT molecular complexity index is 509. The van der Waals surface area contributed by atoms with Gasteiger partial charge in [0.05, 0.1) is 25.2 Å². The lowest BCUT2D eigenvalue weighted by Gasteiger charge is -2.18. The second-order valence-electron chi connectivity index (χ2n) is 4.17. The third-order valence-electron chi connectivity index (χ3n) is 3.19. The number of hydrogen-bond acceptors (Lipinski definition) is 3. The maximum Gasteiger partial charge on any atom is 0.314 e. The van der Waals surface area contributed by atoms with Crippen LogP contribution in [0, 0.1) is 11.6 Å². The number of carboxylic acid groups (broad SMARTS) is 1. The summed E-state index contributed by atoms with van der Waals surface area (Å²) in [4.78, 5) is 11.2. The molecule has 0 saturated heterocycles. The van der Waals surface area contributed by atoms with Crippen LogP contribution in [0.25, 0.3) is 0 Å². The van der Waals surface area contributed by atoms with Crippen molar-refractivity contribution < 1.29 is 28.2 Å². The van der Waals surface area contributed by atoms with Crippen LogP contribution in [0.1, 0.15) is 18.4 Å². The highest BCUT2D eigenvalue weighted by Gasteiger charge is 2.55. The molecule has 0 aromatic heterocycles. The lowest BCUT2D eigenvalue weighted by atomic mass is 9.94. The number of carboxylic acids is 1. The van der Waals surface area contributed by atoms with Crippen molar-refractivity contribution in [1.82, 2.24) is 0 Å². The van der Waals surface area contributed by atoms with Crippen LogP contribution < -0.4 is 9.47 Å². The zero-order valence-electron chi connectivity index (χ0n) is 9.92. The van der Waals surface area contributed by atoms with E-state index in [1.54, 1.807) is 0 Å². The summed E-state index contributed by atoms with van der Waals surface area (Å²) in [6.45, 7) is 0. The van der Waals surface area contributed by atoms with Gasteiger partial charge in [-0.05, 0) is 12.8 Å². The molecule has 2 rings (SSSR count). The van der Waals surface area contributed by atoms with Crippen molar-refractivity contribution in [1.29, 1.82) is 0 Å². The van der Waals surface area contributed by atoms with Gasteiger partial charge in [-0.15, -0.1) is 0 Å². The van der Waals surface area contributed by atoms with Gasteiger partial charge in [0.1, 0.15) is 5.82 Å². The molecule has 0 heterocycles. The average molecular weight is 258 g/mol. The Hall–Kier alpha value is -1.85. The first-order valence-electron chi connectivity index (χ1n) is 5.31. The highest BCUT2D eigenvalue weighted by Crippen LogP contribution is 2.54. The third kappa shape index (κ3) is 1.60. The predicted octanol–water partition coefficient (Wildman–Crippen LogP) is 2.10. The van der Waals surface area contributed by atoms with Crippen molar-refractivity contribution in [2.45, 2.75) is 18.3 Å². The number of methoxy groups -OCH3 is 2. The largest absolute Gasteiger partial charge is 0.492 e. The lowest BCUT2D eigenvalue weighted by Crippen LogP contribution is -2.22. The van der Waals surface area contributed by atoms with E-state index < -0.39 is 23.0 Å². The van der Waals surface area contributed by atoms with Crippen molar-refractivity contribution in [3.8, 4) is 11.5 Å². The van der Waals surface area contributed by atoms with E-state index in [-0.39, 0.29) is 17.1 Å². The molecule has 0 amide bonds. The van der Waals surface area contributed by atoms with Crippen LogP contribution >= 0.6 is 0 Å². The van der Waals surface area contributed by atoms with Gasteiger partial charge in [-0.2, -0.15) is 0 Å². The fraction of sp³-hybridized carbons (Fsp3) is 0.417. The second-order valence-corrected chi connectivity index (χ2v) is 4.17. The van der Waals surface area contributed by atoms with Crippen LogP contribution in [-0.4, -0.2) is 25.3 Å². The molecule has 0 atom stereocenters. The van der Waals surface area contributed by atoms with Gasteiger partial charge in [-0.1, -0.05) is 0 Å². The minimum Gasteiger partial charge on any atom is -0.492 e. The van der Waals surface area contributed by atoms with Crippen molar-refractivity contribution in [2.24, 2.45) is 0 Å². The zero-order valence-corrected chi connectivity index (χ0v) is 9.92. The first-order chi connectivity index (χ1) is 8.47. The number of rotatable bonds is 4. The van der Waals surface area contributed by atoms with E-state index in [9.17, 15) is 18.7 Å². The summed E-state index contributed by atoms with van der Waals surface area (Å²) >= 11 is 0. The molecule has 0 radical (unpaired) electrons. The quantitative estimate of drug-likeness (QED) is 0.898. The van der Waals surface area contributed by atoms with E-state index in [1.807, 2.05) is 0 Å². The first kappa shape index (κ1) is 12.6. The number of ether oxygens (including phenoxy) is 2. The Labute approximate surface area is 102 Å². The average Bonchev–Trinajstić information content (AvgIpc) is 3.09. The van der Waals surface area contributed by atoms with Gasteiger partial charge in [0, 0.05) is 6.07 Å². The van der Waals surface area contributed by atoms with Crippen LogP contribution in [0.5, 0.6) is 11.5 Å². The molecule has 98 valence electrons. The van der Waals surface area contributed by atoms with Gasteiger partial charge < -0.3 is 14.6 Å². The SMILES string of the molecule is COc1c(F)cc(F)c(C2(C(=O)O)CC2)c1OC. The standard InChI is InChI=1S/C12H12F2O4/c1-17-9-7(14)5-6(13)8(10(9)18-2)12(3-4-12)11(15)16/h5H,3-4H2,1-2H3,(H,15,16). The highest BCUT2D eigenvalue weighted by molar-refractivity contribution is 5.86. The number of carbonyl (C=O) groups is 1. The maximum absolute atomic E-state index is 13.9. The van der Waals surface area contributed by atoms with Crippen LogP contribution in [0.2, 0.25) is 0 Å². The topological polar surface area (TPSA) is 55.8 Å². The molecule has 0 unspecified atom stereocenters. The van der Waals surface area contributed by atoms with Gasteiger partial charge in [0.25, 0.3) is 0 Å². The Morgan fingerprint density at radius 2 is 1.78 bits per heavy atom. The van der Waals surface area contributed by atoms with Crippen molar-refractivity contribution in [2.75, 3.05) is 14.2 Å². The van der Waals surface area contributed by atoms with E-state index in [2.05, 4.69) is 0 Å². The van der Waals surface area contributed by atoms with Crippen molar-refractivity contribution >= 4 is 5.97 Å². The fourth-order valence-electron chi connectivity index (χ4n) is 2.11. The molecule has 0 spiro atoms. The highest BCUT2D eigenvalue weighted by atomic mass is 19.1. The molecule has 0 aliphatic heterocycles. The molecule has 1 aromatic rings. The molecule has 0 bridgehead atoms. The van der Waals surface area contributed by atoms with Crippen LogP contribution in [0.15, 0.2) is 6.07 Å². The van der Waals surface area contributed by atoms with Crippen molar-refractivity contribution in [3.05, 3.63) is 23.3 Å². The van der Waals surface area contributed by atoms with Crippen molar-refractivity contribution in [3.63, 3.8) is 0 Å². The van der Waals surface area contributed by atoms with Gasteiger partial charge in [-0.3, -0.25) is 4.79 Å². The summed E-state index contributed by atoms with van der Waals surface area (Å²) in [7, 11) is 2.43. The summed E-state index contributed by atoms with van der Waals surface area (Å²) in [5, 5.41) is 9.18. The Kier molecular flexibility index (Phi) is 2.88. The molecule has 18 heavy (non-hydrogen) atoms. The van der Waals surface area contributed by atoms with Crippen LogP contribution in [0.4, 0.5) is 8.78 Å². The molecule has 1 saturated carbocycles. The number of hydrogen-bond donors (Lipinski definition) is 1. The Balaban J connectivity index is 2.70. The van der Waals surface area contributed by atoms with E-state index in [1.165, 1.54) is 14.2 Å². The molecular formula is C12H12F2O4. The third-order valence-corrected chi connectivity index (χ3v) is 3.19. The van der Waals surface area contributed by atoms with Gasteiger partial charge >= 0.3 is 5.97 Å². The molecule has 1 aliphatic carbocycles. The van der Waals surface area contributed by atoms with Gasteiger partial charge in [0.2, 0.25) is 0 Å². The van der Waals surface area contributed by atoms with E-state index >= 15 is 0 Å². The van der Waals surface area contributed by atoms with Gasteiger partial charge in [0.15, 0.2) is 17.3 Å². The van der Waals surface area contributed by atoms with E-state index in [0.29, 0.717) is 18.9 Å². The zero-order chi connectivity index (χ0) is 13.5. The summed E-state index contributed by atoms with van der Waals surface area (Å²) < 4.78 is 37.1. The Morgan fingerprint density at radius 3 is 2.17 bits per heavy atom. The summed E-state index contributed by atoms with van der Waals surface area (Å²) in [6.07, 6.45) is 0.592. The van der Waals surface area contributed by atoms with Crippen LogP contribution in [0.3, 0.4) is 0 Å². The monoisotopic (exact) mass is 258 g/mol.